The summed E-state index contributed by atoms with van der Waals surface area (Å²) < 4.78 is 23.3. The van der Waals surface area contributed by atoms with Gasteiger partial charge in [-0.25, -0.2) is 4.79 Å². The zero-order valence-electron chi connectivity index (χ0n) is 21.1. The molecule has 1 unspecified atom stereocenters. The molecule has 1 fully saturated rings. The fourth-order valence-electron chi connectivity index (χ4n) is 6.30. The van der Waals surface area contributed by atoms with E-state index in [0.29, 0.717) is 24.4 Å². The summed E-state index contributed by atoms with van der Waals surface area (Å²) in [4.78, 5) is 15.8. The van der Waals surface area contributed by atoms with E-state index in [0.717, 1.165) is 49.2 Å². The molecule has 1 aliphatic carbocycles. The summed E-state index contributed by atoms with van der Waals surface area (Å²) in [5.41, 5.74) is -0.593. The van der Waals surface area contributed by atoms with Gasteiger partial charge in [-0.3, -0.25) is 4.90 Å². The Labute approximate surface area is 214 Å². The van der Waals surface area contributed by atoms with Gasteiger partial charge in [-0.15, -0.1) is 0 Å². The van der Waals surface area contributed by atoms with Crippen molar-refractivity contribution in [2.24, 2.45) is 0 Å². The molecule has 200 valence electrons. The summed E-state index contributed by atoms with van der Waals surface area (Å²) in [6, 6.07) is 4.10. The van der Waals surface area contributed by atoms with Crippen LogP contribution in [0.15, 0.2) is 24.0 Å². The molecule has 1 spiro atoms. The minimum Gasteiger partial charge on any atom is -0.497 e. The highest BCUT2D eigenvalue weighted by Crippen LogP contribution is 2.55. The van der Waals surface area contributed by atoms with Crippen molar-refractivity contribution in [2.45, 2.75) is 95.5 Å². The van der Waals surface area contributed by atoms with Crippen LogP contribution >= 0.6 is 0 Å². The van der Waals surface area contributed by atoms with Crippen LogP contribution in [0.2, 0.25) is 0 Å². The summed E-state index contributed by atoms with van der Waals surface area (Å²) >= 11 is 0. The van der Waals surface area contributed by atoms with E-state index in [-0.39, 0.29) is 32.1 Å². The smallest absolute Gasteiger partial charge is 0.338 e. The monoisotopic (exact) mass is 503 g/mol. The van der Waals surface area contributed by atoms with E-state index in [1.54, 1.807) is 21.0 Å². The standard InChI is InChI=1S/C27H37NO7.CH4/c1-25(2,30)8-5-9-26(3,31)24(29)35-23-21(32-4)15-27-10-6-11-28(27)12-7-17-13-19-20(34-16-33-19)14-18(17)22(23)27;/h13-15,22-23,30-31H,5-12,16H2,1-4H3;1H4/t22-,23?,26+,27+;/m1./s1. The molecule has 0 bridgehead atoms. The molecule has 3 heterocycles. The molecular formula is C28H41NO7. The van der Waals surface area contributed by atoms with E-state index in [4.69, 9.17) is 18.9 Å². The Morgan fingerprint density at radius 1 is 1.17 bits per heavy atom. The highest BCUT2D eigenvalue weighted by atomic mass is 16.7. The SMILES string of the molecule is C.COC1=C[C@]23CCCN2CCc2cc4c(cc2[C@@H]3C1OC(=O)[C@@](C)(O)CCCC(C)(C)O)OCO4. The number of hydrogen-bond acceptors (Lipinski definition) is 8. The van der Waals surface area contributed by atoms with Gasteiger partial charge in [0.15, 0.2) is 23.2 Å². The van der Waals surface area contributed by atoms with E-state index < -0.39 is 23.3 Å². The van der Waals surface area contributed by atoms with Crippen LogP contribution in [0.4, 0.5) is 0 Å². The number of aliphatic hydroxyl groups is 2. The molecule has 3 aliphatic heterocycles. The van der Waals surface area contributed by atoms with Crippen LogP contribution in [0.5, 0.6) is 11.5 Å². The molecule has 0 aromatic heterocycles. The number of methoxy groups -OCH3 is 1. The summed E-state index contributed by atoms with van der Waals surface area (Å²) in [6.45, 7) is 6.99. The van der Waals surface area contributed by atoms with Crippen molar-refractivity contribution in [2.75, 3.05) is 27.0 Å². The first-order valence-electron chi connectivity index (χ1n) is 12.6. The van der Waals surface area contributed by atoms with E-state index in [1.165, 1.54) is 6.92 Å². The van der Waals surface area contributed by atoms with Gasteiger partial charge in [-0.05, 0) is 95.2 Å². The van der Waals surface area contributed by atoms with E-state index in [2.05, 4.69) is 17.0 Å². The van der Waals surface area contributed by atoms with Crippen LogP contribution in [0, 0.1) is 0 Å². The summed E-state index contributed by atoms with van der Waals surface area (Å²) in [6.07, 6.45) is 5.52. The van der Waals surface area contributed by atoms with Gasteiger partial charge in [0, 0.05) is 6.54 Å². The zero-order valence-corrected chi connectivity index (χ0v) is 21.1. The fourth-order valence-corrected chi connectivity index (χ4v) is 6.30. The lowest BCUT2D eigenvalue weighted by molar-refractivity contribution is -0.171. The highest BCUT2D eigenvalue weighted by Gasteiger charge is 2.58. The first kappa shape index (κ1) is 26.8. The summed E-state index contributed by atoms with van der Waals surface area (Å²) in [5, 5.41) is 21.0. The largest absolute Gasteiger partial charge is 0.497 e. The topological polar surface area (TPSA) is 97.7 Å². The van der Waals surface area contributed by atoms with Crippen LogP contribution in [0.3, 0.4) is 0 Å². The zero-order chi connectivity index (χ0) is 25.0. The van der Waals surface area contributed by atoms with Gasteiger partial charge in [-0.2, -0.15) is 0 Å². The maximum Gasteiger partial charge on any atom is 0.338 e. The van der Waals surface area contributed by atoms with Gasteiger partial charge in [-0.1, -0.05) is 7.43 Å². The third-order valence-electron chi connectivity index (χ3n) is 8.09. The first-order valence-corrected chi connectivity index (χ1v) is 12.6. The number of nitrogens with zero attached hydrogens (tertiary/aromatic N) is 1. The van der Waals surface area contributed by atoms with Crippen LogP contribution < -0.4 is 9.47 Å². The minimum absolute atomic E-state index is 0. The van der Waals surface area contributed by atoms with E-state index in [1.807, 2.05) is 6.07 Å². The molecule has 5 rings (SSSR count). The summed E-state index contributed by atoms with van der Waals surface area (Å²) in [7, 11) is 1.61. The van der Waals surface area contributed by atoms with Crippen molar-refractivity contribution in [3.8, 4) is 11.5 Å². The molecule has 0 saturated carbocycles. The molecule has 4 atom stereocenters. The molecule has 1 aromatic rings. The van der Waals surface area contributed by atoms with Crippen molar-refractivity contribution in [3.05, 3.63) is 35.1 Å². The van der Waals surface area contributed by atoms with Gasteiger partial charge < -0.3 is 29.2 Å². The number of ether oxygens (including phenoxy) is 4. The lowest BCUT2D eigenvalue weighted by Gasteiger charge is -2.39. The predicted octanol–water partition coefficient (Wildman–Crippen LogP) is 3.67. The maximum atomic E-state index is 13.3. The van der Waals surface area contributed by atoms with Crippen molar-refractivity contribution < 1.29 is 34.0 Å². The lowest BCUT2D eigenvalue weighted by atomic mass is 9.77. The Kier molecular flexibility index (Phi) is 7.09. The quantitative estimate of drug-likeness (QED) is 0.544. The molecule has 8 heteroatoms. The van der Waals surface area contributed by atoms with Crippen LogP contribution in [0.1, 0.15) is 77.3 Å². The minimum atomic E-state index is -1.67. The molecule has 0 amide bonds. The first-order chi connectivity index (χ1) is 16.5. The molecule has 0 radical (unpaired) electrons. The Balaban J connectivity index is 0.00000304. The van der Waals surface area contributed by atoms with Crippen LogP contribution in [-0.2, 0) is 20.7 Å². The number of carbonyl (C=O) groups is 1. The number of esters is 1. The Morgan fingerprint density at radius 3 is 2.58 bits per heavy atom. The molecule has 2 N–H and O–H groups in total. The number of hydrogen-bond donors (Lipinski definition) is 2. The number of fused-ring (bicyclic) bond motifs is 3. The Morgan fingerprint density at radius 2 is 1.89 bits per heavy atom. The third kappa shape index (κ3) is 4.59. The average molecular weight is 504 g/mol. The van der Waals surface area contributed by atoms with Gasteiger partial charge in [0.1, 0.15) is 5.76 Å². The molecule has 4 aliphatic rings. The third-order valence-corrected chi connectivity index (χ3v) is 8.09. The lowest BCUT2D eigenvalue weighted by Crippen LogP contribution is -2.48. The van der Waals surface area contributed by atoms with Gasteiger partial charge in [0.05, 0.1) is 24.2 Å². The maximum absolute atomic E-state index is 13.3. The number of benzene rings is 1. The van der Waals surface area contributed by atoms with Gasteiger partial charge >= 0.3 is 5.97 Å². The number of carbonyl (C=O) groups excluding carboxylic acids is 1. The van der Waals surface area contributed by atoms with Gasteiger partial charge in [0.25, 0.3) is 0 Å². The Hall–Kier alpha value is -2.29. The van der Waals surface area contributed by atoms with Crippen LogP contribution in [-0.4, -0.2) is 70.9 Å². The second-order valence-electron chi connectivity index (χ2n) is 11.2. The molecule has 36 heavy (non-hydrogen) atoms. The number of rotatable bonds is 7. The average Bonchev–Trinajstić information content (AvgIpc) is 3.46. The van der Waals surface area contributed by atoms with Crippen molar-refractivity contribution >= 4 is 5.97 Å². The normalized spacial score (nSPS) is 28.1. The predicted molar refractivity (Wildman–Crippen MR) is 135 cm³/mol. The fraction of sp³-hybridized carbons (Fsp3) is 0.679. The van der Waals surface area contributed by atoms with Gasteiger partial charge in [0.2, 0.25) is 6.79 Å². The van der Waals surface area contributed by atoms with E-state index >= 15 is 0 Å². The van der Waals surface area contributed by atoms with Crippen molar-refractivity contribution in [1.82, 2.24) is 4.90 Å². The molecule has 1 aromatic carbocycles. The highest BCUT2D eigenvalue weighted by molar-refractivity contribution is 5.79. The van der Waals surface area contributed by atoms with Crippen LogP contribution in [0.25, 0.3) is 0 Å². The molecule has 8 nitrogen and oxygen atoms in total. The molecular weight excluding hydrogens is 462 g/mol. The van der Waals surface area contributed by atoms with Crippen molar-refractivity contribution in [3.63, 3.8) is 0 Å². The van der Waals surface area contributed by atoms with Crippen molar-refractivity contribution in [1.29, 1.82) is 0 Å². The molecule has 1 saturated heterocycles. The second-order valence-corrected chi connectivity index (χ2v) is 11.2. The van der Waals surface area contributed by atoms with E-state index in [9.17, 15) is 15.0 Å². The summed E-state index contributed by atoms with van der Waals surface area (Å²) in [5.74, 6) is 1.23. The Bertz CT molecular complexity index is 1030. The second kappa shape index (κ2) is 9.54.